The molecule has 0 N–H and O–H groups in total. The Bertz CT molecular complexity index is 2440. The summed E-state index contributed by atoms with van der Waals surface area (Å²) in [5.41, 5.74) is 12.1. The molecule has 2 nitrogen and oxygen atoms in total. The van der Waals surface area contributed by atoms with Crippen molar-refractivity contribution in [3.63, 3.8) is 0 Å². The second-order valence-corrected chi connectivity index (χ2v) is 12.4. The molecule has 7 aromatic rings. The van der Waals surface area contributed by atoms with Gasteiger partial charge in [0.15, 0.2) is 0 Å². The van der Waals surface area contributed by atoms with Crippen molar-refractivity contribution in [2.45, 2.75) is 32.6 Å². The number of rotatable bonds is 7. The van der Waals surface area contributed by atoms with Crippen LogP contribution in [0.2, 0.25) is 0 Å². The van der Waals surface area contributed by atoms with Gasteiger partial charge in [0.05, 0.1) is 11.0 Å². The van der Waals surface area contributed by atoms with Crippen molar-refractivity contribution in [2.75, 3.05) is 0 Å². The van der Waals surface area contributed by atoms with Crippen molar-refractivity contribution < 1.29 is 0 Å². The molecule has 0 fully saturated rings. The summed E-state index contributed by atoms with van der Waals surface area (Å²) in [5, 5.41) is 7.45. The highest BCUT2D eigenvalue weighted by molar-refractivity contribution is 6.17. The minimum atomic E-state index is 0.936. The molecule has 0 bridgehead atoms. The maximum Gasteiger partial charge on any atom is 0.0970 e. The topological polar surface area (TPSA) is 25.8 Å². The Balaban J connectivity index is 1.38. The van der Waals surface area contributed by atoms with E-state index in [1.54, 1.807) is 0 Å². The van der Waals surface area contributed by atoms with Crippen LogP contribution in [-0.2, 0) is 0 Å². The number of hydrogen-bond acceptors (Lipinski definition) is 2. The standard InChI is InChI=1S/C45H36N2/c1-3-13-30(14-4-2)42-36-20-8-9-21-37(36)43(31-15-6-5-7-16-31)41-28-33(23-24-38(41)42)32-17-10-18-34(27-32)40-29-35-19-11-25-46-44(35)45-39(40)22-12-26-47-45/h3,5-6,8-13,15,17-29H,1,4,7,14,16H2,2H3/b30-13+. The average Bonchev–Trinajstić information content (AvgIpc) is 3.13. The lowest BCUT2D eigenvalue weighted by molar-refractivity contribution is 0.975. The van der Waals surface area contributed by atoms with E-state index in [0.717, 1.165) is 47.5 Å². The SMILES string of the molecule is C=C/C=C(\CCC)c1c2ccccc2c(C2=CC=CCC2)c2cc(-c3cccc(-c4cc5cccnc5c5ncccc45)c3)ccc12. The molecule has 1 aliphatic rings. The Morgan fingerprint density at radius 1 is 0.723 bits per heavy atom. The Kier molecular flexibility index (Phi) is 7.55. The van der Waals surface area contributed by atoms with E-state index >= 15 is 0 Å². The van der Waals surface area contributed by atoms with E-state index in [1.165, 1.54) is 66.1 Å². The Hall–Kier alpha value is -5.60. The van der Waals surface area contributed by atoms with Gasteiger partial charge in [-0.1, -0.05) is 117 Å². The van der Waals surface area contributed by atoms with Gasteiger partial charge in [-0.15, -0.1) is 0 Å². The Morgan fingerprint density at radius 3 is 2.32 bits per heavy atom. The summed E-state index contributed by atoms with van der Waals surface area (Å²) >= 11 is 0. The van der Waals surface area contributed by atoms with Crippen LogP contribution in [0.3, 0.4) is 0 Å². The minimum Gasteiger partial charge on any atom is -0.254 e. The summed E-state index contributed by atoms with van der Waals surface area (Å²) in [4.78, 5) is 9.42. The predicted octanol–water partition coefficient (Wildman–Crippen LogP) is 12.5. The van der Waals surface area contributed by atoms with Crippen molar-refractivity contribution in [1.82, 2.24) is 9.97 Å². The highest BCUT2D eigenvalue weighted by Crippen LogP contribution is 2.44. The molecule has 5 aromatic carbocycles. The molecule has 0 saturated carbocycles. The first-order valence-electron chi connectivity index (χ1n) is 16.6. The second-order valence-electron chi connectivity index (χ2n) is 12.4. The zero-order valence-electron chi connectivity index (χ0n) is 26.7. The van der Waals surface area contributed by atoms with Crippen LogP contribution >= 0.6 is 0 Å². The number of aromatic nitrogens is 2. The van der Waals surface area contributed by atoms with Crippen LogP contribution in [0.15, 0.2) is 146 Å². The van der Waals surface area contributed by atoms with Gasteiger partial charge in [0.25, 0.3) is 0 Å². The maximum absolute atomic E-state index is 4.75. The highest BCUT2D eigenvalue weighted by atomic mass is 14.7. The quantitative estimate of drug-likeness (QED) is 0.103. The molecular weight excluding hydrogens is 569 g/mol. The summed E-state index contributed by atoms with van der Waals surface area (Å²) in [5.74, 6) is 0. The molecule has 0 saturated heterocycles. The molecule has 2 aromatic heterocycles. The van der Waals surface area contributed by atoms with Gasteiger partial charge in [0.2, 0.25) is 0 Å². The molecule has 0 atom stereocenters. The summed E-state index contributed by atoms with van der Waals surface area (Å²) in [6, 6.07) is 35.6. The Morgan fingerprint density at radius 2 is 1.49 bits per heavy atom. The van der Waals surface area contributed by atoms with E-state index < -0.39 is 0 Å². The van der Waals surface area contributed by atoms with Crippen molar-refractivity contribution in [1.29, 1.82) is 0 Å². The lowest BCUT2D eigenvalue weighted by Crippen LogP contribution is -1.98. The zero-order valence-corrected chi connectivity index (χ0v) is 26.7. The van der Waals surface area contributed by atoms with Crippen molar-refractivity contribution in [3.05, 3.63) is 158 Å². The lowest BCUT2D eigenvalue weighted by Gasteiger charge is -2.22. The van der Waals surface area contributed by atoms with Gasteiger partial charge in [0, 0.05) is 23.2 Å². The molecule has 0 unspecified atom stereocenters. The van der Waals surface area contributed by atoms with E-state index in [9.17, 15) is 0 Å². The molecule has 0 amide bonds. The third kappa shape index (κ3) is 5.07. The van der Waals surface area contributed by atoms with Crippen LogP contribution in [0.1, 0.15) is 43.7 Å². The first kappa shape index (κ1) is 28.8. The third-order valence-corrected chi connectivity index (χ3v) is 9.49. The summed E-state index contributed by atoms with van der Waals surface area (Å²) in [6.45, 7) is 6.34. The Labute approximate surface area is 276 Å². The smallest absolute Gasteiger partial charge is 0.0970 e. The maximum atomic E-state index is 4.75. The molecule has 0 spiro atoms. The highest BCUT2D eigenvalue weighted by Gasteiger charge is 2.20. The van der Waals surface area contributed by atoms with Gasteiger partial charge in [0.1, 0.15) is 0 Å². The summed E-state index contributed by atoms with van der Waals surface area (Å²) in [6.07, 6.45) is 18.8. The van der Waals surface area contributed by atoms with Gasteiger partial charge >= 0.3 is 0 Å². The van der Waals surface area contributed by atoms with Crippen LogP contribution in [0.4, 0.5) is 0 Å². The van der Waals surface area contributed by atoms with Gasteiger partial charge in [-0.05, 0) is 116 Å². The summed E-state index contributed by atoms with van der Waals surface area (Å²) in [7, 11) is 0. The largest absolute Gasteiger partial charge is 0.254 e. The third-order valence-electron chi connectivity index (χ3n) is 9.49. The monoisotopic (exact) mass is 604 g/mol. The van der Waals surface area contributed by atoms with E-state index in [2.05, 4.69) is 128 Å². The number of fused-ring (bicyclic) bond motifs is 5. The van der Waals surface area contributed by atoms with E-state index in [0.29, 0.717) is 0 Å². The molecule has 47 heavy (non-hydrogen) atoms. The van der Waals surface area contributed by atoms with Crippen molar-refractivity contribution >= 4 is 54.5 Å². The molecule has 2 heterocycles. The number of benzene rings is 5. The van der Waals surface area contributed by atoms with Gasteiger partial charge < -0.3 is 0 Å². The van der Waals surface area contributed by atoms with Crippen LogP contribution in [0.25, 0.3) is 76.8 Å². The van der Waals surface area contributed by atoms with Crippen LogP contribution in [0, 0.1) is 0 Å². The molecule has 1 aliphatic carbocycles. The fourth-order valence-electron chi connectivity index (χ4n) is 7.45. The fourth-order valence-corrected chi connectivity index (χ4v) is 7.45. The van der Waals surface area contributed by atoms with Gasteiger partial charge in [-0.25, -0.2) is 0 Å². The molecule has 0 aliphatic heterocycles. The molecule has 226 valence electrons. The molecule has 8 rings (SSSR count). The average molecular weight is 605 g/mol. The van der Waals surface area contributed by atoms with E-state index in [1.807, 2.05) is 30.6 Å². The number of nitrogens with zero attached hydrogens (tertiary/aromatic N) is 2. The predicted molar refractivity (Wildman–Crippen MR) is 202 cm³/mol. The zero-order chi connectivity index (χ0) is 31.7. The lowest BCUT2D eigenvalue weighted by atomic mass is 9.82. The second kappa shape index (κ2) is 12.3. The van der Waals surface area contributed by atoms with E-state index in [-0.39, 0.29) is 0 Å². The molecule has 0 radical (unpaired) electrons. The molecule has 2 heteroatoms. The van der Waals surface area contributed by atoms with Crippen LogP contribution in [-0.4, -0.2) is 9.97 Å². The van der Waals surface area contributed by atoms with Crippen molar-refractivity contribution in [2.24, 2.45) is 0 Å². The van der Waals surface area contributed by atoms with Crippen LogP contribution in [0.5, 0.6) is 0 Å². The van der Waals surface area contributed by atoms with Gasteiger partial charge in [-0.2, -0.15) is 0 Å². The number of allylic oxidation sites excluding steroid dienone is 7. The minimum absolute atomic E-state index is 0.936. The number of hydrogen-bond donors (Lipinski definition) is 0. The summed E-state index contributed by atoms with van der Waals surface area (Å²) < 4.78 is 0. The number of pyridine rings is 2. The fraction of sp³-hybridized carbons (Fsp3) is 0.111. The van der Waals surface area contributed by atoms with E-state index in [4.69, 9.17) is 4.98 Å². The normalized spacial score (nSPS) is 13.5. The first-order chi connectivity index (χ1) is 23.2. The molecular formula is C45H36N2. The first-order valence-corrected chi connectivity index (χ1v) is 16.6. The van der Waals surface area contributed by atoms with Crippen molar-refractivity contribution in [3.8, 4) is 22.3 Å². The van der Waals surface area contributed by atoms with Crippen LogP contribution < -0.4 is 0 Å². The van der Waals surface area contributed by atoms with Gasteiger partial charge in [-0.3, -0.25) is 9.97 Å².